The van der Waals surface area contributed by atoms with Crippen LogP contribution in [0.25, 0.3) is 0 Å². The van der Waals surface area contributed by atoms with Crippen molar-refractivity contribution in [1.82, 2.24) is 4.90 Å². The van der Waals surface area contributed by atoms with Crippen molar-refractivity contribution < 1.29 is 14.3 Å². The predicted octanol–water partition coefficient (Wildman–Crippen LogP) is 2.23. The SMILES string of the molecule is C#CC(=O)CC1CCCN(C(=O)OC(C)(C)C)C1. The first-order valence-electron chi connectivity index (χ1n) is 6.29. The lowest BCUT2D eigenvalue weighted by molar-refractivity contribution is -0.115. The Labute approximate surface area is 109 Å². The van der Waals surface area contributed by atoms with E-state index in [-0.39, 0.29) is 17.8 Å². The first-order valence-corrected chi connectivity index (χ1v) is 6.29. The number of carbonyl (C=O) groups is 2. The van der Waals surface area contributed by atoms with E-state index < -0.39 is 5.60 Å². The zero-order chi connectivity index (χ0) is 13.8. The number of hydrogen-bond donors (Lipinski definition) is 0. The van der Waals surface area contributed by atoms with Crippen LogP contribution in [0.3, 0.4) is 0 Å². The van der Waals surface area contributed by atoms with E-state index in [4.69, 9.17) is 11.2 Å². The van der Waals surface area contributed by atoms with E-state index in [1.807, 2.05) is 20.8 Å². The van der Waals surface area contributed by atoms with Crippen LogP contribution in [0.1, 0.15) is 40.0 Å². The molecule has 0 aliphatic carbocycles. The summed E-state index contributed by atoms with van der Waals surface area (Å²) in [6.45, 7) is 6.77. The summed E-state index contributed by atoms with van der Waals surface area (Å²) in [4.78, 5) is 24.8. The van der Waals surface area contributed by atoms with Gasteiger partial charge in [0.1, 0.15) is 5.60 Å². The minimum Gasteiger partial charge on any atom is -0.444 e. The number of ether oxygens (including phenoxy) is 1. The lowest BCUT2D eigenvalue weighted by atomic mass is 9.93. The van der Waals surface area contributed by atoms with E-state index in [1.165, 1.54) is 0 Å². The fourth-order valence-corrected chi connectivity index (χ4v) is 2.05. The minimum atomic E-state index is -0.487. The second kappa shape index (κ2) is 5.90. The minimum absolute atomic E-state index is 0.162. The number of likely N-dealkylation sites (tertiary alicyclic amines) is 1. The molecule has 1 amide bonds. The predicted molar refractivity (Wildman–Crippen MR) is 69.0 cm³/mol. The van der Waals surface area contributed by atoms with Crippen LogP contribution in [-0.2, 0) is 9.53 Å². The lowest BCUT2D eigenvalue weighted by Crippen LogP contribution is -2.43. The van der Waals surface area contributed by atoms with Gasteiger partial charge in [0.05, 0.1) is 0 Å². The van der Waals surface area contributed by atoms with Gasteiger partial charge >= 0.3 is 6.09 Å². The van der Waals surface area contributed by atoms with Gasteiger partial charge in [-0.05, 0) is 45.5 Å². The standard InChI is InChI=1S/C14H21NO3/c1-5-12(16)9-11-7-6-8-15(10-11)13(17)18-14(2,3)4/h1,11H,6-10H2,2-4H3. The van der Waals surface area contributed by atoms with E-state index in [0.29, 0.717) is 19.5 Å². The fourth-order valence-electron chi connectivity index (χ4n) is 2.05. The Bertz CT molecular complexity index is 362. The smallest absolute Gasteiger partial charge is 0.410 e. The number of rotatable bonds is 2. The molecule has 1 rings (SSSR count). The van der Waals surface area contributed by atoms with Crippen molar-refractivity contribution in [1.29, 1.82) is 0 Å². The number of hydrogen-bond acceptors (Lipinski definition) is 3. The molecular formula is C14H21NO3. The summed E-state index contributed by atoms with van der Waals surface area (Å²) < 4.78 is 5.32. The summed E-state index contributed by atoms with van der Waals surface area (Å²) in [7, 11) is 0. The Kier molecular flexibility index (Phi) is 4.77. The Morgan fingerprint density at radius 2 is 2.11 bits per heavy atom. The Morgan fingerprint density at radius 3 is 2.67 bits per heavy atom. The quantitative estimate of drug-likeness (QED) is 0.558. The zero-order valence-electron chi connectivity index (χ0n) is 11.4. The molecule has 1 saturated heterocycles. The lowest BCUT2D eigenvalue weighted by Gasteiger charge is -2.33. The van der Waals surface area contributed by atoms with Gasteiger partial charge in [0, 0.05) is 19.5 Å². The van der Waals surface area contributed by atoms with Crippen molar-refractivity contribution in [2.24, 2.45) is 5.92 Å². The van der Waals surface area contributed by atoms with Crippen LogP contribution < -0.4 is 0 Å². The average Bonchev–Trinajstić information content (AvgIpc) is 2.27. The highest BCUT2D eigenvalue weighted by molar-refractivity contribution is 5.95. The Morgan fingerprint density at radius 1 is 1.44 bits per heavy atom. The van der Waals surface area contributed by atoms with Gasteiger partial charge in [-0.2, -0.15) is 0 Å². The third kappa shape index (κ3) is 4.79. The van der Waals surface area contributed by atoms with Crippen LogP contribution in [0.5, 0.6) is 0 Å². The van der Waals surface area contributed by atoms with Crippen LogP contribution in [0.2, 0.25) is 0 Å². The number of nitrogens with zero attached hydrogens (tertiary/aromatic N) is 1. The molecule has 0 aromatic heterocycles. The van der Waals surface area contributed by atoms with Gasteiger partial charge < -0.3 is 9.64 Å². The molecule has 0 aromatic carbocycles. The number of terminal acetylenes is 1. The second-order valence-electron chi connectivity index (χ2n) is 5.71. The van der Waals surface area contributed by atoms with Gasteiger partial charge in [0.15, 0.2) is 0 Å². The third-order valence-electron chi connectivity index (χ3n) is 2.81. The molecule has 0 aromatic rings. The molecule has 1 unspecified atom stereocenters. The van der Waals surface area contributed by atoms with E-state index in [9.17, 15) is 9.59 Å². The van der Waals surface area contributed by atoms with E-state index in [0.717, 1.165) is 12.8 Å². The maximum atomic E-state index is 11.9. The van der Waals surface area contributed by atoms with Gasteiger partial charge in [-0.25, -0.2) is 4.79 Å². The number of Topliss-reactive ketones (excluding diaryl/α,β-unsaturated/α-hetero) is 1. The average molecular weight is 251 g/mol. The fraction of sp³-hybridized carbons (Fsp3) is 0.714. The van der Waals surface area contributed by atoms with E-state index >= 15 is 0 Å². The monoisotopic (exact) mass is 251 g/mol. The maximum absolute atomic E-state index is 11.9. The molecule has 0 radical (unpaired) electrons. The number of amides is 1. The number of ketones is 1. The summed E-state index contributed by atoms with van der Waals surface area (Å²) in [5.41, 5.74) is -0.487. The molecule has 0 bridgehead atoms. The molecule has 1 fully saturated rings. The molecule has 1 aliphatic rings. The first kappa shape index (κ1) is 14.6. The normalized spacial score (nSPS) is 20.1. The van der Waals surface area contributed by atoms with Crippen LogP contribution in [0.4, 0.5) is 4.79 Å². The van der Waals surface area contributed by atoms with Crippen molar-refractivity contribution in [3.8, 4) is 12.3 Å². The van der Waals surface area contributed by atoms with Crippen LogP contribution >= 0.6 is 0 Å². The van der Waals surface area contributed by atoms with Gasteiger partial charge in [-0.1, -0.05) is 0 Å². The maximum Gasteiger partial charge on any atom is 0.410 e. The van der Waals surface area contributed by atoms with Gasteiger partial charge in [0.2, 0.25) is 5.78 Å². The third-order valence-corrected chi connectivity index (χ3v) is 2.81. The van der Waals surface area contributed by atoms with Crippen molar-refractivity contribution in [3.63, 3.8) is 0 Å². The zero-order valence-corrected chi connectivity index (χ0v) is 11.4. The summed E-state index contributed by atoms with van der Waals surface area (Å²) in [6, 6.07) is 0. The second-order valence-corrected chi connectivity index (χ2v) is 5.71. The number of piperidine rings is 1. The summed E-state index contributed by atoms with van der Waals surface area (Å²) >= 11 is 0. The van der Waals surface area contributed by atoms with Gasteiger partial charge in [-0.15, -0.1) is 6.42 Å². The molecule has 1 heterocycles. The van der Waals surface area contributed by atoms with E-state index in [1.54, 1.807) is 4.90 Å². The van der Waals surface area contributed by atoms with Crippen LogP contribution in [-0.4, -0.2) is 35.5 Å². The molecule has 1 aliphatic heterocycles. The topological polar surface area (TPSA) is 46.6 Å². The molecule has 100 valence electrons. The molecule has 18 heavy (non-hydrogen) atoms. The first-order chi connectivity index (χ1) is 8.31. The molecular weight excluding hydrogens is 230 g/mol. The van der Waals surface area contributed by atoms with Crippen molar-refractivity contribution in [2.75, 3.05) is 13.1 Å². The molecule has 0 N–H and O–H groups in total. The van der Waals surface area contributed by atoms with Crippen molar-refractivity contribution >= 4 is 11.9 Å². The number of carbonyl (C=O) groups excluding carboxylic acids is 2. The van der Waals surface area contributed by atoms with Crippen LogP contribution in [0.15, 0.2) is 0 Å². The highest BCUT2D eigenvalue weighted by Crippen LogP contribution is 2.21. The van der Waals surface area contributed by atoms with Gasteiger partial charge in [0.25, 0.3) is 0 Å². The molecule has 1 atom stereocenters. The summed E-state index contributed by atoms with van der Waals surface area (Å²) in [5, 5.41) is 0. The van der Waals surface area contributed by atoms with Crippen LogP contribution in [0, 0.1) is 18.3 Å². The van der Waals surface area contributed by atoms with Gasteiger partial charge in [-0.3, -0.25) is 4.79 Å². The molecule has 0 spiro atoms. The summed E-state index contributed by atoms with van der Waals surface area (Å²) in [5.74, 6) is 2.09. The Hall–Kier alpha value is -1.50. The Balaban J connectivity index is 2.51. The highest BCUT2D eigenvalue weighted by Gasteiger charge is 2.28. The summed E-state index contributed by atoms with van der Waals surface area (Å²) in [6.07, 6.45) is 6.94. The van der Waals surface area contributed by atoms with Crippen molar-refractivity contribution in [2.45, 2.75) is 45.6 Å². The van der Waals surface area contributed by atoms with E-state index in [2.05, 4.69) is 5.92 Å². The molecule has 4 nitrogen and oxygen atoms in total. The largest absolute Gasteiger partial charge is 0.444 e. The highest BCUT2D eigenvalue weighted by atomic mass is 16.6. The van der Waals surface area contributed by atoms with Crippen molar-refractivity contribution in [3.05, 3.63) is 0 Å². The molecule has 0 saturated carbocycles. The molecule has 4 heteroatoms.